The van der Waals surface area contributed by atoms with E-state index in [0.29, 0.717) is 29.1 Å². The number of rotatable bonds is 6. The first-order chi connectivity index (χ1) is 13.9. The fourth-order valence-corrected chi connectivity index (χ4v) is 2.90. The minimum Gasteiger partial charge on any atom is -0.462 e. The molecule has 0 aliphatic rings. The van der Waals surface area contributed by atoms with Gasteiger partial charge in [0.2, 0.25) is 5.91 Å². The number of fused-ring (bicyclic) bond motifs is 1. The Bertz CT molecular complexity index is 1100. The fraction of sp³-hybridized carbons (Fsp3) is 0.238. The quantitative estimate of drug-likeness (QED) is 0.645. The molecule has 0 spiro atoms. The van der Waals surface area contributed by atoms with Gasteiger partial charge < -0.3 is 15.0 Å². The van der Waals surface area contributed by atoms with E-state index in [-0.39, 0.29) is 12.1 Å². The van der Waals surface area contributed by atoms with E-state index in [2.05, 4.69) is 10.4 Å². The average molecular weight is 394 g/mol. The molecular formula is C21H22N4O4. The molecule has 0 saturated heterocycles. The molecule has 0 atom stereocenters. The highest BCUT2D eigenvalue weighted by molar-refractivity contribution is 5.94. The number of anilines is 2. The molecule has 0 radical (unpaired) electrons. The highest BCUT2D eigenvalue weighted by Crippen LogP contribution is 2.19. The van der Waals surface area contributed by atoms with Crippen molar-refractivity contribution in [3.63, 3.8) is 0 Å². The zero-order valence-corrected chi connectivity index (χ0v) is 16.5. The molecule has 2 aromatic carbocycles. The highest BCUT2D eigenvalue weighted by atomic mass is 16.5. The minimum atomic E-state index is -0.423. The predicted molar refractivity (Wildman–Crippen MR) is 111 cm³/mol. The Balaban J connectivity index is 1.80. The third-order valence-corrected chi connectivity index (χ3v) is 4.25. The van der Waals surface area contributed by atoms with Crippen molar-refractivity contribution in [1.29, 1.82) is 0 Å². The first-order valence-electron chi connectivity index (χ1n) is 9.15. The molecule has 1 N–H and O–H groups in total. The second-order valence-electron chi connectivity index (χ2n) is 6.57. The Labute approximate surface area is 167 Å². The van der Waals surface area contributed by atoms with Gasteiger partial charge in [-0.05, 0) is 37.3 Å². The second kappa shape index (κ2) is 8.55. The number of benzene rings is 2. The second-order valence-corrected chi connectivity index (χ2v) is 6.57. The molecule has 0 aliphatic carbocycles. The molecule has 1 heterocycles. The first kappa shape index (κ1) is 20.1. The summed E-state index contributed by atoms with van der Waals surface area (Å²) in [6.45, 7) is 1.79. The number of carbonyl (C=O) groups is 2. The highest BCUT2D eigenvalue weighted by Gasteiger charge is 2.14. The SMILES string of the molecule is CCOC(=O)c1ccc(NC(=O)Cn2nc(N(C)C)c3ccccc3c2=O)cc1. The van der Waals surface area contributed by atoms with Gasteiger partial charge in [0.15, 0.2) is 5.82 Å². The Kier molecular flexibility index (Phi) is 5.92. The number of esters is 1. The van der Waals surface area contributed by atoms with Gasteiger partial charge in [-0.25, -0.2) is 9.48 Å². The lowest BCUT2D eigenvalue weighted by atomic mass is 10.2. The van der Waals surface area contributed by atoms with E-state index in [9.17, 15) is 14.4 Å². The summed E-state index contributed by atoms with van der Waals surface area (Å²) in [5, 5.41) is 8.28. The van der Waals surface area contributed by atoms with Crippen LogP contribution < -0.4 is 15.8 Å². The van der Waals surface area contributed by atoms with Crippen molar-refractivity contribution in [2.24, 2.45) is 0 Å². The summed E-state index contributed by atoms with van der Waals surface area (Å²) in [4.78, 5) is 38.7. The lowest BCUT2D eigenvalue weighted by molar-refractivity contribution is -0.117. The summed E-state index contributed by atoms with van der Waals surface area (Å²) in [6, 6.07) is 13.5. The van der Waals surface area contributed by atoms with Gasteiger partial charge in [0.1, 0.15) is 6.54 Å². The smallest absolute Gasteiger partial charge is 0.338 e. The number of carbonyl (C=O) groups excluding carboxylic acids is 2. The molecule has 0 unspecified atom stereocenters. The van der Waals surface area contributed by atoms with Crippen LogP contribution in [-0.4, -0.2) is 42.4 Å². The van der Waals surface area contributed by atoms with Gasteiger partial charge >= 0.3 is 5.97 Å². The number of nitrogens with zero attached hydrogens (tertiary/aromatic N) is 3. The monoisotopic (exact) mass is 394 g/mol. The largest absolute Gasteiger partial charge is 0.462 e. The van der Waals surface area contributed by atoms with Crippen LogP contribution in [0, 0.1) is 0 Å². The third kappa shape index (κ3) is 4.43. The lowest BCUT2D eigenvalue weighted by Gasteiger charge is -2.16. The maximum Gasteiger partial charge on any atom is 0.338 e. The summed E-state index contributed by atoms with van der Waals surface area (Å²) in [5.74, 6) is -0.219. The number of amides is 1. The average Bonchev–Trinajstić information content (AvgIpc) is 2.70. The Morgan fingerprint density at radius 1 is 1.07 bits per heavy atom. The standard InChI is InChI=1S/C21H22N4O4/c1-4-29-21(28)14-9-11-15(12-10-14)22-18(26)13-25-20(27)17-8-6-5-7-16(17)19(23-25)24(2)3/h5-12H,4,13H2,1-3H3,(H,22,26). The molecule has 150 valence electrons. The molecule has 0 aliphatic heterocycles. The number of hydrogen-bond donors (Lipinski definition) is 1. The lowest BCUT2D eigenvalue weighted by Crippen LogP contribution is -2.31. The van der Waals surface area contributed by atoms with Crippen LogP contribution in [0.5, 0.6) is 0 Å². The number of aromatic nitrogens is 2. The fourth-order valence-electron chi connectivity index (χ4n) is 2.90. The molecule has 8 nitrogen and oxygen atoms in total. The van der Waals surface area contributed by atoms with Crippen molar-refractivity contribution >= 4 is 34.2 Å². The van der Waals surface area contributed by atoms with Crippen LogP contribution in [0.1, 0.15) is 17.3 Å². The molecule has 0 fully saturated rings. The van der Waals surface area contributed by atoms with Crippen molar-refractivity contribution < 1.29 is 14.3 Å². The minimum absolute atomic E-state index is 0.232. The molecule has 1 amide bonds. The van der Waals surface area contributed by atoms with E-state index in [0.717, 1.165) is 10.1 Å². The Morgan fingerprint density at radius 3 is 2.34 bits per heavy atom. The topological polar surface area (TPSA) is 93.5 Å². The summed E-state index contributed by atoms with van der Waals surface area (Å²) in [7, 11) is 3.66. The molecular weight excluding hydrogens is 372 g/mol. The van der Waals surface area contributed by atoms with Crippen molar-refractivity contribution in [2.75, 3.05) is 30.9 Å². The Morgan fingerprint density at radius 2 is 1.72 bits per heavy atom. The normalized spacial score (nSPS) is 10.6. The molecule has 3 aromatic rings. The van der Waals surface area contributed by atoms with E-state index in [1.807, 2.05) is 26.2 Å². The van der Waals surface area contributed by atoms with Crippen LogP contribution in [0.15, 0.2) is 53.3 Å². The van der Waals surface area contributed by atoms with Crippen LogP contribution in [0.3, 0.4) is 0 Å². The number of hydrogen-bond acceptors (Lipinski definition) is 6. The molecule has 0 saturated carbocycles. The summed E-state index contributed by atoms with van der Waals surface area (Å²) in [6.07, 6.45) is 0. The summed E-state index contributed by atoms with van der Waals surface area (Å²) >= 11 is 0. The third-order valence-electron chi connectivity index (χ3n) is 4.25. The van der Waals surface area contributed by atoms with E-state index in [1.165, 1.54) is 0 Å². The van der Waals surface area contributed by atoms with E-state index in [1.54, 1.807) is 48.2 Å². The maximum absolute atomic E-state index is 12.7. The molecule has 29 heavy (non-hydrogen) atoms. The van der Waals surface area contributed by atoms with Gasteiger partial charge in [-0.15, -0.1) is 0 Å². The number of ether oxygens (including phenoxy) is 1. The van der Waals surface area contributed by atoms with Crippen LogP contribution in [0.2, 0.25) is 0 Å². The zero-order valence-electron chi connectivity index (χ0n) is 16.5. The zero-order chi connectivity index (χ0) is 21.0. The molecule has 3 rings (SSSR count). The van der Waals surface area contributed by atoms with Crippen molar-refractivity contribution in [3.05, 3.63) is 64.4 Å². The van der Waals surface area contributed by atoms with Gasteiger partial charge in [0.25, 0.3) is 5.56 Å². The maximum atomic E-state index is 12.7. The van der Waals surface area contributed by atoms with Gasteiger partial charge in [-0.1, -0.05) is 18.2 Å². The van der Waals surface area contributed by atoms with Gasteiger partial charge in [0.05, 0.1) is 17.6 Å². The first-order valence-corrected chi connectivity index (χ1v) is 9.15. The van der Waals surface area contributed by atoms with Crippen LogP contribution in [0.25, 0.3) is 10.8 Å². The van der Waals surface area contributed by atoms with Crippen LogP contribution in [-0.2, 0) is 16.1 Å². The Hall–Kier alpha value is -3.68. The van der Waals surface area contributed by atoms with Crippen LogP contribution >= 0.6 is 0 Å². The molecule has 1 aromatic heterocycles. The van der Waals surface area contributed by atoms with Crippen molar-refractivity contribution in [3.8, 4) is 0 Å². The van der Waals surface area contributed by atoms with E-state index < -0.39 is 11.9 Å². The van der Waals surface area contributed by atoms with Crippen molar-refractivity contribution in [2.45, 2.75) is 13.5 Å². The molecule has 8 heteroatoms. The van der Waals surface area contributed by atoms with Gasteiger partial charge in [-0.3, -0.25) is 9.59 Å². The van der Waals surface area contributed by atoms with Crippen molar-refractivity contribution in [1.82, 2.24) is 9.78 Å². The van der Waals surface area contributed by atoms with Gasteiger partial charge in [-0.2, -0.15) is 5.10 Å². The molecule has 0 bridgehead atoms. The van der Waals surface area contributed by atoms with E-state index >= 15 is 0 Å². The number of nitrogens with one attached hydrogen (secondary N) is 1. The van der Waals surface area contributed by atoms with Gasteiger partial charge in [0, 0.05) is 25.2 Å². The van der Waals surface area contributed by atoms with E-state index in [4.69, 9.17) is 4.74 Å². The summed E-state index contributed by atoms with van der Waals surface area (Å²) in [5.41, 5.74) is 0.566. The van der Waals surface area contributed by atoms with Crippen LogP contribution in [0.4, 0.5) is 11.5 Å². The predicted octanol–water partition coefficient (Wildman–Crippen LogP) is 2.28. The summed E-state index contributed by atoms with van der Waals surface area (Å²) < 4.78 is 6.08.